The molecule has 0 spiro atoms. The molecule has 30 heavy (non-hydrogen) atoms. The van der Waals surface area contributed by atoms with E-state index in [0.717, 1.165) is 18.8 Å². The molecule has 1 aliphatic rings. The number of esters is 1. The molecule has 0 N–H and O–H groups in total. The van der Waals surface area contributed by atoms with Crippen LogP contribution in [0.4, 0.5) is 0 Å². The summed E-state index contributed by atoms with van der Waals surface area (Å²) >= 11 is 0. The Hall–Kier alpha value is -2.35. The van der Waals surface area contributed by atoms with Gasteiger partial charge in [-0.2, -0.15) is 0 Å². The molecule has 2 heteroatoms. The van der Waals surface area contributed by atoms with Crippen molar-refractivity contribution in [3.63, 3.8) is 0 Å². The second kappa shape index (κ2) is 11.7. The maximum atomic E-state index is 12.4. The van der Waals surface area contributed by atoms with Crippen molar-refractivity contribution in [2.24, 2.45) is 5.92 Å². The number of hydrogen-bond acceptors (Lipinski definition) is 2. The topological polar surface area (TPSA) is 26.3 Å². The summed E-state index contributed by atoms with van der Waals surface area (Å²) in [4.78, 5) is 12.4. The van der Waals surface area contributed by atoms with Gasteiger partial charge < -0.3 is 4.74 Å². The first kappa shape index (κ1) is 22.3. The summed E-state index contributed by atoms with van der Waals surface area (Å²) < 4.78 is 5.51. The van der Waals surface area contributed by atoms with Gasteiger partial charge >= 0.3 is 5.97 Å². The lowest BCUT2D eigenvalue weighted by Gasteiger charge is -2.22. The van der Waals surface area contributed by atoms with Crippen molar-refractivity contribution < 1.29 is 9.53 Å². The SMILES string of the molecule is CCCCCCCC1CC=C(c2ccc(C(=O)Oc3ccc(CC)cc3)cc2)CC1. The predicted molar refractivity (Wildman–Crippen MR) is 126 cm³/mol. The van der Waals surface area contributed by atoms with Gasteiger partial charge in [0.25, 0.3) is 0 Å². The Kier molecular flexibility index (Phi) is 8.74. The van der Waals surface area contributed by atoms with Crippen molar-refractivity contribution in [2.45, 2.75) is 78.1 Å². The molecule has 0 aromatic heterocycles. The van der Waals surface area contributed by atoms with Gasteiger partial charge in [-0.05, 0) is 72.6 Å². The van der Waals surface area contributed by atoms with Crippen LogP contribution in [0.2, 0.25) is 0 Å². The van der Waals surface area contributed by atoms with Crippen molar-refractivity contribution in [1.29, 1.82) is 0 Å². The molecule has 2 aromatic carbocycles. The minimum absolute atomic E-state index is 0.299. The van der Waals surface area contributed by atoms with E-state index >= 15 is 0 Å². The monoisotopic (exact) mass is 404 g/mol. The van der Waals surface area contributed by atoms with Crippen LogP contribution in [-0.2, 0) is 6.42 Å². The van der Waals surface area contributed by atoms with Gasteiger partial charge in [-0.15, -0.1) is 0 Å². The van der Waals surface area contributed by atoms with Crippen molar-refractivity contribution in [3.05, 3.63) is 71.3 Å². The van der Waals surface area contributed by atoms with E-state index in [2.05, 4.69) is 32.1 Å². The number of aryl methyl sites for hydroxylation is 1. The van der Waals surface area contributed by atoms with Gasteiger partial charge in [0.05, 0.1) is 5.56 Å². The third-order valence-electron chi connectivity index (χ3n) is 6.27. The quantitative estimate of drug-likeness (QED) is 0.228. The van der Waals surface area contributed by atoms with Gasteiger partial charge in [-0.3, -0.25) is 0 Å². The van der Waals surface area contributed by atoms with E-state index in [9.17, 15) is 4.79 Å². The van der Waals surface area contributed by atoms with Crippen LogP contribution in [0.25, 0.3) is 5.57 Å². The molecule has 0 saturated heterocycles. The molecule has 3 rings (SSSR count). The number of benzene rings is 2. The zero-order valence-electron chi connectivity index (χ0n) is 18.7. The molecule has 0 fully saturated rings. The molecule has 160 valence electrons. The van der Waals surface area contributed by atoms with Gasteiger partial charge in [0.2, 0.25) is 0 Å². The zero-order valence-corrected chi connectivity index (χ0v) is 18.7. The Morgan fingerprint density at radius 1 is 0.933 bits per heavy atom. The van der Waals surface area contributed by atoms with E-state index in [1.54, 1.807) is 0 Å². The summed E-state index contributed by atoms with van der Waals surface area (Å²) in [7, 11) is 0. The van der Waals surface area contributed by atoms with Crippen LogP contribution >= 0.6 is 0 Å². The van der Waals surface area contributed by atoms with Crippen LogP contribution < -0.4 is 4.74 Å². The number of ether oxygens (including phenoxy) is 1. The Morgan fingerprint density at radius 3 is 2.30 bits per heavy atom. The molecular weight excluding hydrogens is 368 g/mol. The highest BCUT2D eigenvalue weighted by Crippen LogP contribution is 2.33. The largest absolute Gasteiger partial charge is 0.423 e. The predicted octanol–water partition coefficient (Wildman–Crippen LogP) is 8.01. The Balaban J connectivity index is 1.49. The van der Waals surface area contributed by atoms with Crippen molar-refractivity contribution >= 4 is 11.5 Å². The highest BCUT2D eigenvalue weighted by Gasteiger charge is 2.16. The number of unbranched alkanes of at least 4 members (excludes halogenated alkanes) is 4. The number of allylic oxidation sites excluding steroid dienone is 2. The summed E-state index contributed by atoms with van der Waals surface area (Å²) in [5.74, 6) is 1.15. The molecule has 1 unspecified atom stereocenters. The maximum Gasteiger partial charge on any atom is 0.343 e. The average Bonchev–Trinajstić information content (AvgIpc) is 2.80. The molecular formula is C28H36O2. The minimum Gasteiger partial charge on any atom is -0.423 e. The third-order valence-corrected chi connectivity index (χ3v) is 6.27. The molecule has 0 saturated carbocycles. The first-order valence-corrected chi connectivity index (χ1v) is 11.8. The van der Waals surface area contributed by atoms with Crippen LogP contribution in [0.1, 0.15) is 93.1 Å². The Bertz CT molecular complexity index is 815. The van der Waals surface area contributed by atoms with E-state index < -0.39 is 0 Å². The van der Waals surface area contributed by atoms with Crippen molar-refractivity contribution in [2.75, 3.05) is 0 Å². The molecule has 2 nitrogen and oxygen atoms in total. The van der Waals surface area contributed by atoms with Crippen LogP contribution in [-0.4, -0.2) is 5.97 Å². The van der Waals surface area contributed by atoms with Crippen molar-refractivity contribution in [1.82, 2.24) is 0 Å². The van der Waals surface area contributed by atoms with Gasteiger partial charge in [0, 0.05) is 0 Å². The Morgan fingerprint density at radius 2 is 1.67 bits per heavy atom. The van der Waals surface area contributed by atoms with Crippen LogP contribution in [0.3, 0.4) is 0 Å². The second-order valence-electron chi connectivity index (χ2n) is 8.54. The fraction of sp³-hybridized carbons (Fsp3) is 0.464. The molecule has 2 aromatic rings. The summed E-state index contributed by atoms with van der Waals surface area (Å²) in [6.45, 7) is 4.38. The fourth-order valence-corrected chi connectivity index (χ4v) is 4.23. The van der Waals surface area contributed by atoms with E-state index in [0.29, 0.717) is 11.3 Å². The minimum atomic E-state index is -0.299. The molecule has 0 aliphatic heterocycles. The van der Waals surface area contributed by atoms with Crippen LogP contribution in [0, 0.1) is 5.92 Å². The maximum absolute atomic E-state index is 12.4. The number of carbonyl (C=O) groups excluding carboxylic acids is 1. The number of carbonyl (C=O) groups is 1. The van der Waals surface area contributed by atoms with Gasteiger partial charge in [0.1, 0.15) is 5.75 Å². The highest BCUT2D eigenvalue weighted by molar-refractivity contribution is 5.91. The molecule has 0 heterocycles. The number of rotatable bonds is 10. The lowest BCUT2D eigenvalue weighted by atomic mass is 9.83. The van der Waals surface area contributed by atoms with Gasteiger partial charge in [0.15, 0.2) is 0 Å². The summed E-state index contributed by atoms with van der Waals surface area (Å²) in [5, 5.41) is 0. The first-order valence-electron chi connectivity index (χ1n) is 11.8. The van der Waals surface area contributed by atoms with Gasteiger partial charge in [-0.1, -0.05) is 82.7 Å². The number of hydrogen-bond donors (Lipinski definition) is 0. The molecule has 0 amide bonds. The van der Waals surface area contributed by atoms with E-state index in [-0.39, 0.29) is 5.97 Å². The summed E-state index contributed by atoms with van der Waals surface area (Å²) in [6.07, 6.45) is 15.3. The Labute approximate surface area is 182 Å². The molecule has 0 bridgehead atoms. The normalized spacial score (nSPS) is 16.2. The van der Waals surface area contributed by atoms with E-state index in [4.69, 9.17) is 4.74 Å². The smallest absolute Gasteiger partial charge is 0.343 e. The fourth-order valence-electron chi connectivity index (χ4n) is 4.23. The third kappa shape index (κ3) is 6.58. The second-order valence-corrected chi connectivity index (χ2v) is 8.54. The van der Waals surface area contributed by atoms with Gasteiger partial charge in [-0.25, -0.2) is 4.79 Å². The molecule has 1 aliphatic carbocycles. The standard InChI is InChI=1S/C28H36O2/c1-3-5-6-7-8-9-23-10-14-24(15-11-23)25-16-18-26(19-17-25)28(29)30-27-20-12-22(4-2)13-21-27/h12-14,16-21,23H,3-11,15H2,1-2H3. The van der Waals surface area contributed by atoms with Crippen LogP contribution in [0.15, 0.2) is 54.6 Å². The lowest BCUT2D eigenvalue weighted by molar-refractivity contribution is 0.0734. The molecule has 1 atom stereocenters. The van der Waals surface area contributed by atoms with E-state index in [1.165, 1.54) is 68.1 Å². The molecule has 0 radical (unpaired) electrons. The van der Waals surface area contributed by atoms with E-state index in [1.807, 2.05) is 36.4 Å². The highest BCUT2D eigenvalue weighted by atomic mass is 16.5. The first-order chi connectivity index (χ1) is 14.7. The summed E-state index contributed by atoms with van der Waals surface area (Å²) in [5.41, 5.74) is 4.49. The average molecular weight is 405 g/mol. The summed E-state index contributed by atoms with van der Waals surface area (Å²) in [6, 6.07) is 15.6. The van der Waals surface area contributed by atoms with Crippen LogP contribution in [0.5, 0.6) is 5.75 Å². The van der Waals surface area contributed by atoms with Crippen molar-refractivity contribution in [3.8, 4) is 5.75 Å². The lowest BCUT2D eigenvalue weighted by Crippen LogP contribution is -2.09. The zero-order chi connectivity index (χ0) is 21.2.